The molecule has 2 heterocycles. The summed E-state index contributed by atoms with van der Waals surface area (Å²) in [6, 6.07) is 15.2. The Morgan fingerprint density at radius 3 is 2.71 bits per heavy atom. The molecular weight excluding hydrogens is 300 g/mol. The molecule has 1 atom stereocenters. The van der Waals surface area contributed by atoms with Crippen LogP contribution in [0.5, 0.6) is 0 Å². The summed E-state index contributed by atoms with van der Waals surface area (Å²) in [5, 5.41) is 9.11. The summed E-state index contributed by atoms with van der Waals surface area (Å²) in [5.41, 5.74) is 1.41. The van der Waals surface area contributed by atoms with Crippen LogP contribution in [0.25, 0.3) is 0 Å². The van der Waals surface area contributed by atoms with Crippen LogP contribution in [-0.2, 0) is 19.6 Å². The van der Waals surface area contributed by atoms with E-state index in [4.69, 9.17) is 9.52 Å². The predicted molar refractivity (Wildman–Crippen MR) is 95.7 cm³/mol. The van der Waals surface area contributed by atoms with Crippen LogP contribution in [0.2, 0.25) is 0 Å². The van der Waals surface area contributed by atoms with Crippen molar-refractivity contribution >= 4 is 0 Å². The summed E-state index contributed by atoms with van der Waals surface area (Å²) in [6.45, 7) is 4.12. The smallest absolute Gasteiger partial charge is 0.129 e. The summed E-state index contributed by atoms with van der Waals surface area (Å²) >= 11 is 0. The Bertz CT molecular complexity index is 611. The second kappa shape index (κ2) is 8.47. The average molecular weight is 328 g/mol. The zero-order valence-electron chi connectivity index (χ0n) is 14.5. The van der Waals surface area contributed by atoms with Crippen LogP contribution in [0.3, 0.4) is 0 Å². The van der Waals surface area contributed by atoms with Gasteiger partial charge in [0.1, 0.15) is 18.1 Å². The SMILES string of the molecule is CN(CCc1ccccc1)C1CCCN(Cc2ccc(CO)o2)C1. The number of aliphatic hydroxyl groups excluding tert-OH is 1. The van der Waals surface area contributed by atoms with Gasteiger partial charge in [-0.05, 0) is 50.6 Å². The molecule has 0 bridgehead atoms. The van der Waals surface area contributed by atoms with Gasteiger partial charge < -0.3 is 14.4 Å². The van der Waals surface area contributed by atoms with Gasteiger partial charge in [-0.2, -0.15) is 0 Å². The summed E-state index contributed by atoms with van der Waals surface area (Å²) in [5.74, 6) is 1.60. The van der Waals surface area contributed by atoms with Gasteiger partial charge in [0, 0.05) is 19.1 Å². The van der Waals surface area contributed by atoms with Crippen molar-refractivity contribution in [3.63, 3.8) is 0 Å². The van der Waals surface area contributed by atoms with Gasteiger partial charge in [0.05, 0.1) is 6.54 Å². The van der Waals surface area contributed by atoms with Crippen molar-refractivity contribution in [3.05, 3.63) is 59.5 Å². The highest BCUT2D eigenvalue weighted by atomic mass is 16.4. The zero-order chi connectivity index (χ0) is 16.8. The lowest BCUT2D eigenvalue weighted by Gasteiger charge is -2.37. The van der Waals surface area contributed by atoms with Crippen LogP contribution in [0.1, 0.15) is 29.9 Å². The van der Waals surface area contributed by atoms with Gasteiger partial charge in [0.2, 0.25) is 0 Å². The van der Waals surface area contributed by atoms with Gasteiger partial charge in [-0.3, -0.25) is 4.90 Å². The number of rotatable bonds is 7. The van der Waals surface area contributed by atoms with Gasteiger partial charge in [-0.15, -0.1) is 0 Å². The number of likely N-dealkylation sites (tertiary alicyclic amines) is 1. The predicted octanol–water partition coefficient (Wildman–Crippen LogP) is 2.91. The number of furan rings is 1. The fraction of sp³-hybridized carbons (Fsp3) is 0.500. The number of hydrogen-bond donors (Lipinski definition) is 1. The maximum absolute atomic E-state index is 9.11. The van der Waals surface area contributed by atoms with E-state index in [2.05, 4.69) is 47.2 Å². The molecular formula is C20H28N2O2. The van der Waals surface area contributed by atoms with Crippen molar-refractivity contribution in [2.24, 2.45) is 0 Å². The average Bonchev–Trinajstić information content (AvgIpc) is 3.08. The first-order valence-electron chi connectivity index (χ1n) is 8.89. The van der Waals surface area contributed by atoms with Crippen molar-refractivity contribution in [2.75, 3.05) is 26.7 Å². The molecule has 24 heavy (non-hydrogen) atoms. The summed E-state index contributed by atoms with van der Waals surface area (Å²) in [6.07, 6.45) is 3.60. The highest BCUT2D eigenvalue weighted by molar-refractivity contribution is 5.15. The minimum Gasteiger partial charge on any atom is -0.462 e. The van der Waals surface area contributed by atoms with E-state index in [-0.39, 0.29) is 6.61 Å². The van der Waals surface area contributed by atoms with Gasteiger partial charge in [-0.25, -0.2) is 0 Å². The molecule has 1 aliphatic heterocycles. The van der Waals surface area contributed by atoms with Crippen LogP contribution in [0, 0.1) is 0 Å². The third kappa shape index (κ3) is 4.69. The topological polar surface area (TPSA) is 39.9 Å². The highest BCUT2D eigenvalue weighted by Gasteiger charge is 2.23. The first-order valence-corrected chi connectivity index (χ1v) is 8.89. The Labute approximate surface area is 144 Å². The Hall–Kier alpha value is -1.62. The fourth-order valence-electron chi connectivity index (χ4n) is 3.48. The number of likely N-dealkylation sites (N-methyl/N-ethyl adjacent to an activating group) is 1. The monoisotopic (exact) mass is 328 g/mol. The molecule has 1 saturated heterocycles. The molecule has 2 aromatic rings. The van der Waals surface area contributed by atoms with Crippen LogP contribution in [-0.4, -0.2) is 47.6 Å². The number of aliphatic hydroxyl groups is 1. The Balaban J connectivity index is 1.49. The zero-order valence-corrected chi connectivity index (χ0v) is 14.5. The quantitative estimate of drug-likeness (QED) is 0.848. The molecule has 1 aliphatic rings. The molecule has 0 aliphatic carbocycles. The molecule has 0 amide bonds. The number of nitrogens with zero attached hydrogens (tertiary/aromatic N) is 2. The van der Waals surface area contributed by atoms with Gasteiger partial charge in [-0.1, -0.05) is 30.3 Å². The van der Waals surface area contributed by atoms with Crippen LogP contribution in [0.4, 0.5) is 0 Å². The molecule has 1 aromatic heterocycles. The van der Waals surface area contributed by atoms with Gasteiger partial charge >= 0.3 is 0 Å². The second-order valence-electron chi connectivity index (χ2n) is 6.77. The van der Waals surface area contributed by atoms with E-state index in [1.165, 1.54) is 18.4 Å². The Kier molecular flexibility index (Phi) is 6.07. The molecule has 0 spiro atoms. The van der Waals surface area contributed by atoms with Gasteiger partial charge in [0.15, 0.2) is 0 Å². The van der Waals surface area contributed by atoms with E-state index in [1.54, 1.807) is 0 Å². The first-order chi connectivity index (χ1) is 11.7. The Morgan fingerprint density at radius 2 is 1.96 bits per heavy atom. The number of piperidine rings is 1. The largest absolute Gasteiger partial charge is 0.462 e. The first kappa shape index (κ1) is 17.2. The molecule has 1 fully saturated rings. The van der Waals surface area contributed by atoms with Crippen molar-refractivity contribution < 1.29 is 9.52 Å². The lowest BCUT2D eigenvalue weighted by atomic mass is 10.0. The molecule has 1 aromatic carbocycles. The molecule has 0 radical (unpaired) electrons. The molecule has 1 N–H and O–H groups in total. The summed E-state index contributed by atoms with van der Waals surface area (Å²) in [4.78, 5) is 4.97. The molecule has 130 valence electrons. The standard InChI is InChI=1S/C20H28N2O2/c1-21(13-11-17-6-3-2-4-7-17)18-8-5-12-22(14-18)15-19-9-10-20(16-23)24-19/h2-4,6-7,9-10,18,23H,5,8,11-16H2,1H3. The van der Waals surface area contributed by atoms with Crippen molar-refractivity contribution in [1.29, 1.82) is 0 Å². The molecule has 3 rings (SSSR count). The van der Waals surface area contributed by atoms with E-state index in [1.807, 2.05) is 12.1 Å². The fourth-order valence-corrected chi connectivity index (χ4v) is 3.48. The maximum Gasteiger partial charge on any atom is 0.129 e. The highest BCUT2D eigenvalue weighted by Crippen LogP contribution is 2.19. The van der Waals surface area contributed by atoms with Crippen LogP contribution in [0.15, 0.2) is 46.9 Å². The van der Waals surface area contributed by atoms with E-state index < -0.39 is 0 Å². The number of benzene rings is 1. The molecule has 1 unspecified atom stereocenters. The second-order valence-corrected chi connectivity index (χ2v) is 6.77. The lowest BCUT2D eigenvalue weighted by molar-refractivity contribution is 0.106. The summed E-state index contributed by atoms with van der Waals surface area (Å²) in [7, 11) is 2.24. The van der Waals surface area contributed by atoms with E-state index in [9.17, 15) is 0 Å². The van der Waals surface area contributed by atoms with Crippen molar-refractivity contribution in [1.82, 2.24) is 9.80 Å². The molecule has 0 saturated carbocycles. The molecule has 4 nitrogen and oxygen atoms in total. The Morgan fingerprint density at radius 1 is 1.17 bits per heavy atom. The van der Waals surface area contributed by atoms with E-state index in [0.717, 1.165) is 38.4 Å². The third-order valence-electron chi connectivity index (χ3n) is 4.95. The maximum atomic E-state index is 9.11. The van der Waals surface area contributed by atoms with E-state index >= 15 is 0 Å². The number of hydrogen-bond acceptors (Lipinski definition) is 4. The van der Waals surface area contributed by atoms with Crippen LogP contribution >= 0.6 is 0 Å². The summed E-state index contributed by atoms with van der Waals surface area (Å²) < 4.78 is 5.63. The van der Waals surface area contributed by atoms with Gasteiger partial charge in [0.25, 0.3) is 0 Å². The van der Waals surface area contributed by atoms with E-state index in [0.29, 0.717) is 11.8 Å². The minimum atomic E-state index is -0.0230. The normalized spacial score (nSPS) is 19.0. The van der Waals surface area contributed by atoms with Crippen molar-refractivity contribution in [2.45, 2.75) is 38.5 Å². The lowest BCUT2D eigenvalue weighted by Crippen LogP contribution is -2.46. The van der Waals surface area contributed by atoms with Crippen molar-refractivity contribution in [3.8, 4) is 0 Å². The third-order valence-corrected chi connectivity index (χ3v) is 4.95. The molecule has 4 heteroatoms. The minimum absolute atomic E-state index is 0.0230. The van der Waals surface area contributed by atoms with Crippen LogP contribution < -0.4 is 0 Å².